The second-order valence-corrected chi connectivity index (χ2v) is 5.88. The molecule has 1 aliphatic rings. The molecule has 128 valence electrons. The van der Waals surface area contributed by atoms with Crippen LogP contribution < -0.4 is 10.6 Å². The van der Waals surface area contributed by atoms with Crippen molar-refractivity contribution in [2.75, 3.05) is 13.1 Å². The average molecular weight is 359 g/mol. The third-order valence-electron chi connectivity index (χ3n) is 4.00. The Morgan fingerprint density at radius 1 is 1.35 bits per heavy atom. The molecule has 3 rings (SSSR count). The van der Waals surface area contributed by atoms with E-state index < -0.39 is 0 Å². The van der Waals surface area contributed by atoms with Gasteiger partial charge in [0.2, 0.25) is 5.91 Å². The highest BCUT2D eigenvalue weighted by Crippen LogP contribution is 2.27. The van der Waals surface area contributed by atoms with Crippen molar-refractivity contribution in [3.05, 3.63) is 30.1 Å². The number of carbonyl (C=O) groups excluding carboxylic acids is 1. The predicted octanol–water partition coefficient (Wildman–Crippen LogP) is 2.59. The molecular weight excluding hydrogens is 335 g/mol. The Bertz CT molecular complexity index is 655. The minimum absolute atomic E-state index is 0. The van der Waals surface area contributed by atoms with Gasteiger partial charge in [0.05, 0.1) is 23.6 Å². The number of halogens is 2. The smallest absolute Gasteiger partial charge is 0.234 e. The van der Waals surface area contributed by atoms with Gasteiger partial charge in [0, 0.05) is 7.05 Å². The van der Waals surface area contributed by atoms with Crippen LogP contribution >= 0.6 is 24.8 Å². The summed E-state index contributed by atoms with van der Waals surface area (Å²) in [4.78, 5) is 16.6. The summed E-state index contributed by atoms with van der Waals surface area (Å²) in [5.74, 6) is 1.69. The van der Waals surface area contributed by atoms with Gasteiger partial charge in [0.1, 0.15) is 5.82 Å². The third kappa shape index (κ3) is 4.83. The first kappa shape index (κ1) is 19.7. The summed E-state index contributed by atoms with van der Waals surface area (Å²) < 4.78 is 2.04. The number of benzene rings is 1. The van der Waals surface area contributed by atoms with Crippen molar-refractivity contribution in [3.8, 4) is 0 Å². The molecule has 0 aliphatic heterocycles. The minimum atomic E-state index is -0.0994. The summed E-state index contributed by atoms with van der Waals surface area (Å²) in [5.41, 5.74) is 2.04. The maximum absolute atomic E-state index is 11.9. The van der Waals surface area contributed by atoms with Crippen LogP contribution in [-0.2, 0) is 11.8 Å². The molecule has 1 heterocycles. The van der Waals surface area contributed by atoms with Gasteiger partial charge in [-0.2, -0.15) is 0 Å². The van der Waals surface area contributed by atoms with Crippen molar-refractivity contribution in [2.45, 2.75) is 25.8 Å². The fraction of sp³-hybridized carbons (Fsp3) is 0.500. The zero-order valence-electron chi connectivity index (χ0n) is 13.4. The Balaban J connectivity index is 0.00000132. The molecule has 1 aliphatic carbocycles. The predicted molar refractivity (Wildman–Crippen MR) is 97.4 cm³/mol. The summed E-state index contributed by atoms with van der Waals surface area (Å²) in [6.07, 6.45) is 2.59. The molecule has 2 aromatic rings. The number of rotatable bonds is 6. The molecule has 1 aromatic carbocycles. The van der Waals surface area contributed by atoms with Gasteiger partial charge >= 0.3 is 0 Å². The van der Waals surface area contributed by atoms with E-state index >= 15 is 0 Å². The number of hydrogen-bond acceptors (Lipinski definition) is 3. The van der Waals surface area contributed by atoms with Gasteiger partial charge in [-0.1, -0.05) is 12.1 Å². The Hall–Kier alpha value is -1.30. The molecule has 0 radical (unpaired) electrons. The summed E-state index contributed by atoms with van der Waals surface area (Å²) >= 11 is 0. The number of carbonyl (C=O) groups is 1. The van der Waals surface area contributed by atoms with Crippen LogP contribution in [0, 0.1) is 5.92 Å². The number of nitrogens with zero attached hydrogens (tertiary/aromatic N) is 2. The molecule has 1 unspecified atom stereocenters. The molecule has 2 N–H and O–H groups in total. The van der Waals surface area contributed by atoms with Crippen molar-refractivity contribution in [2.24, 2.45) is 13.0 Å². The normalized spacial score (nSPS) is 14.7. The number of fused-ring (bicyclic) bond motifs is 1. The Morgan fingerprint density at radius 3 is 2.70 bits per heavy atom. The lowest BCUT2D eigenvalue weighted by Gasteiger charge is -2.14. The minimum Gasteiger partial charge on any atom is -0.345 e. The van der Waals surface area contributed by atoms with Gasteiger partial charge in [-0.15, -0.1) is 24.8 Å². The van der Waals surface area contributed by atoms with Crippen molar-refractivity contribution < 1.29 is 4.79 Å². The number of para-hydroxylation sites is 2. The van der Waals surface area contributed by atoms with E-state index in [0.717, 1.165) is 29.3 Å². The number of aromatic nitrogens is 2. The van der Waals surface area contributed by atoms with E-state index in [9.17, 15) is 4.79 Å². The maximum Gasteiger partial charge on any atom is 0.234 e. The van der Waals surface area contributed by atoms with Crippen LogP contribution in [0.4, 0.5) is 0 Å². The SMILES string of the molecule is CC(NC(=O)CNCC1CC1)c1nc2ccccc2n1C.Cl.Cl. The van der Waals surface area contributed by atoms with Gasteiger partial charge in [-0.25, -0.2) is 4.98 Å². The van der Waals surface area contributed by atoms with Gasteiger partial charge in [0.25, 0.3) is 0 Å². The molecule has 1 atom stereocenters. The zero-order chi connectivity index (χ0) is 14.8. The first-order valence-electron chi connectivity index (χ1n) is 7.56. The molecule has 0 bridgehead atoms. The first-order valence-corrected chi connectivity index (χ1v) is 7.56. The maximum atomic E-state index is 11.9. The number of nitrogens with one attached hydrogen (secondary N) is 2. The topological polar surface area (TPSA) is 59.0 Å². The first-order chi connectivity index (χ1) is 10.1. The van der Waals surface area contributed by atoms with E-state index in [4.69, 9.17) is 0 Å². The molecule has 0 spiro atoms. The van der Waals surface area contributed by atoms with Crippen LogP contribution in [0.1, 0.15) is 31.6 Å². The second kappa shape index (κ2) is 8.52. The molecule has 0 saturated heterocycles. The van der Waals surface area contributed by atoms with Gasteiger partial charge < -0.3 is 15.2 Å². The molecule has 1 aromatic heterocycles. The van der Waals surface area contributed by atoms with Crippen molar-refractivity contribution in [1.82, 2.24) is 20.2 Å². The summed E-state index contributed by atoms with van der Waals surface area (Å²) in [7, 11) is 1.98. The van der Waals surface area contributed by atoms with Crippen LogP contribution in [-0.4, -0.2) is 28.5 Å². The Morgan fingerprint density at radius 2 is 2.04 bits per heavy atom. The molecule has 1 saturated carbocycles. The number of amides is 1. The van der Waals surface area contributed by atoms with E-state index in [1.165, 1.54) is 12.8 Å². The van der Waals surface area contributed by atoms with Gasteiger partial charge in [-0.3, -0.25) is 4.79 Å². The van der Waals surface area contributed by atoms with Crippen LogP contribution in [0.25, 0.3) is 11.0 Å². The highest BCUT2D eigenvalue weighted by Gasteiger charge is 2.21. The third-order valence-corrected chi connectivity index (χ3v) is 4.00. The van der Waals surface area contributed by atoms with E-state index in [1.54, 1.807) is 0 Å². The van der Waals surface area contributed by atoms with Crippen molar-refractivity contribution in [3.63, 3.8) is 0 Å². The lowest BCUT2D eigenvalue weighted by Crippen LogP contribution is -2.36. The van der Waals surface area contributed by atoms with Crippen LogP contribution in [0.15, 0.2) is 24.3 Å². The fourth-order valence-corrected chi connectivity index (χ4v) is 2.62. The van der Waals surface area contributed by atoms with E-state index in [2.05, 4.69) is 15.6 Å². The molecular formula is C16H24Cl2N4O. The van der Waals surface area contributed by atoms with Gasteiger partial charge in [0.15, 0.2) is 0 Å². The van der Waals surface area contributed by atoms with Crippen LogP contribution in [0.2, 0.25) is 0 Å². The Labute approximate surface area is 149 Å². The van der Waals surface area contributed by atoms with Crippen LogP contribution in [0.3, 0.4) is 0 Å². The second-order valence-electron chi connectivity index (χ2n) is 5.88. The largest absolute Gasteiger partial charge is 0.345 e. The van der Waals surface area contributed by atoms with Gasteiger partial charge in [-0.05, 0) is 44.4 Å². The number of hydrogen-bond donors (Lipinski definition) is 2. The molecule has 1 amide bonds. The molecule has 1 fully saturated rings. The summed E-state index contributed by atoms with van der Waals surface area (Å²) in [6.45, 7) is 3.30. The standard InChI is InChI=1S/C16H22N4O.2ClH/c1-11(18-15(21)10-17-9-12-7-8-12)16-19-13-5-3-4-6-14(13)20(16)2;;/h3-6,11-12,17H,7-10H2,1-2H3,(H,18,21);2*1H. The Kier molecular flexibility index (Phi) is 7.32. The van der Waals surface area contributed by atoms with E-state index in [0.29, 0.717) is 6.54 Å². The molecule has 5 nitrogen and oxygen atoms in total. The summed E-state index contributed by atoms with van der Waals surface area (Å²) in [5, 5.41) is 6.21. The zero-order valence-corrected chi connectivity index (χ0v) is 15.0. The lowest BCUT2D eigenvalue weighted by atomic mass is 10.3. The number of aryl methyl sites for hydroxylation is 1. The monoisotopic (exact) mass is 358 g/mol. The average Bonchev–Trinajstić information content (AvgIpc) is 3.22. The van der Waals surface area contributed by atoms with Crippen molar-refractivity contribution >= 4 is 41.8 Å². The van der Waals surface area contributed by atoms with Crippen LogP contribution in [0.5, 0.6) is 0 Å². The number of imidazole rings is 1. The summed E-state index contributed by atoms with van der Waals surface area (Å²) in [6, 6.07) is 7.91. The lowest BCUT2D eigenvalue weighted by molar-refractivity contribution is -0.120. The highest BCUT2D eigenvalue weighted by atomic mass is 35.5. The van der Waals surface area contributed by atoms with E-state index in [1.807, 2.05) is 42.8 Å². The highest BCUT2D eigenvalue weighted by molar-refractivity contribution is 5.85. The quantitative estimate of drug-likeness (QED) is 0.834. The van der Waals surface area contributed by atoms with E-state index in [-0.39, 0.29) is 36.8 Å². The van der Waals surface area contributed by atoms with Crippen molar-refractivity contribution in [1.29, 1.82) is 0 Å². The fourth-order valence-electron chi connectivity index (χ4n) is 2.62. The molecule has 23 heavy (non-hydrogen) atoms. The molecule has 7 heteroatoms.